The van der Waals surface area contributed by atoms with Gasteiger partial charge in [-0.05, 0) is 71.6 Å². The molecule has 2 atom stereocenters. The zero-order valence-corrected chi connectivity index (χ0v) is 42.9. The molecular formula is C56H74Cl2SiZr-4. The summed E-state index contributed by atoms with van der Waals surface area (Å²) in [5.74, 6) is 3.08. The molecule has 6 aromatic rings. The number of hydrogen-bond acceptors (Lipinski definition) is 0. The first-order chi connectivity index (χ1) is 27.9. The van der Waals surface area contributed by atoms with E-state index in [0.717, 1.165) is 18.3 Å². The summed E-state index contributed by atoms with van der Waals surface area (Å²) in [6.45, 7) is 17.7. The maximum atomic E-state index is 3.49. The minimum atomic E-state index is 0. The monoisotopic (exact) mass is 934 g/mol. The van der Waals surface area contributed by atoms with Crippen molar-refractivity contribution in [1.29, 1.82) is 0 Å². The summed E-state index contributed by atoms with van der Waals surface area (Å²) in [5, 5.41) is 5.66. The molecule has 0 aromatic heterocycles. The second kappa shape index (κ2) is 28.5. The zero-order valence-electron chi connectivity index (χ0n) is 37.8. The van der Waals surface area contributed by atoms with E-state index in [-0.39, 0.29) is 32.2 Å². The van der Waals surface area contributed by atoms with Crippen LogP contribution in [0.4, 0.5) is 0 Å². The molecule has 0 bridgehead atoms. The van der Waals surface area contributed by atoms with Crippen molar-refractivity contribution >= 4 is 53.2 Å². The summed E-state index contributed by atoms with van der Waals surface area (Å²) in [5.41, 5.74) is 11.4. The van der Waals surface area contributed by atoms with Gasteiger partial charge in [-0.1, -0.05) is 171 Å². The molecule has 4 heteroatoms. The topological polar surface area (TPSA) is 0 Å². The van der Waals surface area contributed by atoms with E-state index in [1.165, 1.54) is 179 Å². The van der Waals surface area contributed by atoms with E-state index < -0.39 is 0 Å². The number of rotatable bonds is 10. The van der Waals surface area contributed by atoms with Gasteiger partial charge in [-0.25, -0.2) is 0 Å². The van der Waals surface area contributed by atoms with Crippen molar-refractivity contribution in [1.82, 2.24) is 0 Å². The van der Waals surface area contributed by atoms with Crippen molar-refractivity contribution in [2.75, 3.05) is 0 Å². The second-order valence-corrected chi connectivity index (χ2v) is 17.1. The molecule has 2 radical (unpaired) electrons. The molecule has 0 spiro atoms. The fourth-order valence-electron chi connectivity index (χ4n) is 9.24. The molecule has 2 unspecified atom stereocenters. The van der Waals surface area contributed by atoms with Gasteiger partial charge in [0.15, 0.2) is 0 Å². The van der Waals surface area contributed by atoms with E-state index in [0.29, 0.717) is 11.8 Å². The average Bonchev–Trinajstić information content (AvgIpc) is 3.88. The molecule has 2 fully saturated rings. The first kappa shape index (κ1) is 53.9. The summed E-state index contributed by atoms with van der Waals surface area (Å²) < 4.78 is 0. The molecule has 0 amide bonds. The molecule has 0 nitrogen and oxygen atoms in total. The van der Waals surface area contributed by atoms with E-state index >= 15 is 0 Å². The predicted octanol–water partition coefficient (Wildman–Crippen LogP) is 17.9. The molecule has 0 N–H and O–H groups in total. The Kier molecular flexibility index (Phi) is 25.6. The van der Waals surface area contributed by atoms with Gasteiger partial charge in [0, 0.05) is 0 Å². The van der Waals surface area contributed by atoms with Crippen LogP contribution in [0.5, 0.6) is 0 Å². The van der Waals surface area contributed by atoms with Crippen molar-refractivity contribution in [3.05, 3.63) is 146 Å². The quantitative estimate of drug-likeness (QED) is 0.0948. The Balaban J connectivity index is 0.000000358. The van der Waals surface area contributed by atoms with Gasteiger partial charge in [0.25, 0.3) is 0 Å². The Morgan fingerprint density at radius 2 is 0.900 bits per heavy atom. The Bertz CT molecular complexity index is 1900. The molecule has 2 aliphatic rings. The third kappa shape index (κ3) is 15.0. The Morgan fingerprint density at radius 1 is 0.567 bits per heavy atom. The van der Waals surface area contributed by atoms with E-state index in [1.807, 2.05) is 6.92 Å². The summed E-state index contributed by atoms with van der Waals surface area (Å²) in [6.07, 6.45) is 20.2. The van der Waals surface area contributed by atoms with Crippen LogP contribution in [-0.4, -0.2) is 6.88 Å². The molecule has 2 saturated carbocycles. The fraction of sp³-hybridized carbons (Fsp3) is 0.429. The number of fused-ring (bicyclic) bond motifs is 2. The van der Waals surface area contributed by atoms with E-state index in [2.05, 4.69) is 151 Å². The minimum absolute atomic E-state index is 0. The normalized spacial score (nSPS) is 14.9. The second-order valence-electron chi connectivity index (χ2n) is 17.1. The van der Waals surface area contributed by atoms with Crippen LogP contribution in [0.2, 0.25) is 0 Å². The SMILES string of the molecule is CCC(C)c1ccc(-c2cccc3[cH-]c(CC4CCCCC4)cc23)cc1.CCC(C)c1ccc(-c2cccc3[cH-]c(CC4CCCCC4)cc23)cc1.Cl.Cl.[CH2-]CC.[CH3-].[Si]=[Zr]. The van der Waals surface area contributed by atoms with Gasteiger partial charge < -0.3 is 14.4 Å². The van der Waals surface area contributed by atoms with Crippen LogP contribution >= 0.6 is 24.8 Å². The van der Waals surface area contributed by atoms with Gasteiger partial charge in [0.05, 0.1) is 0 Å². The molecular weight excluding hydrogens is 863 g/mol. The third-order valence-corrected chi connectivity index (χ3v) is 12.9. The summed E-state index contributed by atoms with van der Waals surface area (Å²) in [7, 11) is 0. The molecule has 0 heterocycles. The fourth-order valence-corrected chi connectivity index (χ4v) is 9.24. The molecule has 2 aliphatic carbocycles. The first-order valence-corrected chi connectivity index (χ1v) is 26.7. The van der Waals surface area contributed by atoms with Crippen LogP contribution in [0.1, 0.15) is 152 Å². The Morgan fingerprint density at radius 3 is 1.22 bits per heavy atom. The van der Waals surface area contributed by atoms with Crippen molar-refractivity contribution < 1.29 is 23.3 Å². The van der Waals surface area contributed by atoms with Crippen molar-refractivity contribution in [3.63, 3.8) is 0 Å². The Labute approximate surface area is 396 Å². The first-order valence-electron chi connectivity index (χ1n) is 22.5. The van der Waals surface area contributed by atoms with Gasteiger partial charge in [-0.2, -0.15) is 18.6 Å². The average molecular weight is 937 g/mol. The molecule has 6 aromatic carbocycles. The number of benzene rings is 4. The molecule has 60 heavy (non-hydrogen) atoms. The molecule has 8 rings (SSSR count). The number of hydrogen-bond donors (Lipinski definition) is 0. The van der Waals surface area contributed by atoms with Crippen molar-refractivity contribution in [3.8, 4) is 22.3 Å². The molecule has 0 aliphatic heterocycles. The van der Waals surface area contributed by atoms with Crippen LogP contribution in [0, 0.1) is 26.2 Å². The third-order valence-electron chi connectivity index (χ3n) is 12.9. The van der Waals surface area contributed by atoms with Gasteiger partial charge >= 0.3 is 30.2 Å². The number of halogens is 2. The molecule has 324 valence electrons. The van der Waals surface area contributed by atoms with E-state index in [1.54, 1.807) is 0 Å². The predicted molar refractivity (Wildman–Crippen MR) is 270 cm³/mol. The zero-order chi connectivity index (χ0) is 40.6. The van der Waals surface area contributed by atoms with Gasteiger partial charge in [0.2, 0.25) is 0 Å². The summed E-state index contributed by atoms with van der Waals surface area (Å²) in [4.78, 5) is 0. The van der Waals surface area contributed by atoms with E-state index in [4.69, 9.17) is 0 Å². The standard InChI is InChI=1S/2C26H31.C3H7.CH3.2ClH.Si.Zr/c2*1-3-19(2)22-12-14-23(15-13-22)25-11-7-10-24-17-21(18-26(24)25)16-20-8-5-4-6-9-20;1-3-2;;;;;/h2*7,10-15,17-20H,3-6,8-9,16H2,1-2H3;1,3H2,2H3;1H3;2*1H;;/q4*-1;;;;. The van der Waals surface area contributed by atoms with Crippen LogP contribution in [-0.2, 0) is 36.2 Å². The van der Waals surface area contributed by atoms with Crippen LogP contribution in [0.15, 0.2) is 109 Å². The summed E-state index contributed by atoms with van der Waals surface area (Å²) >= 11 is 1.36. The van der Waals surface area contributed by atoms with Crippen molar-refractivity contribution in [2.24, 2.45) is 11.8 Å². The Hall–Kier alpha value is -2.22. The molecule has 0 saturated heterocycles. The van der Waals surface area contributed by atoms with E-state index in [9.17, 15) is 0 Å². The van der Waals surface area contributed by atoms with Gasteiger partial charge in [0.1, 0.15) is 0 Å². The maximum absolute atomic E-state index is 3.49. The summed E-state index contributed by atoms with van der Waals surface area (Å²) in [6, 6.07) is 41.8. The van der Waals surface area contributed by atoms with Crippen LogP contribution < -0.4 is 0 Å². The van der Waals surface area contributed by atoms with Gasteiger partial charge in [-0.3, -0.25) is 0 Å². The van der Waals surface area contributed by atoms with Crippen molar-refractivity contribution in [2.45, 2.75) is 143 Å². The van der Waals surface area contributed by atoms with Crippen LogP contribution in [0.25, 0.3) is 43.8 Å². The van der Waals surface area contributed by atoms with Crippen LogP contribution in [0.3, 0.4) is 0 Å². The van der Waals surface area contributed by atoms with Gasteiger partial charge in [-0.15, -0.1) is 93.9 Å².